The number of likely N-dealkylation sites (N-methyl/N-ethyl adjacent to an activating group) is 1. The molecule has 100 valence electrons. The first kappa shape index (κ1) is 14.5. The van der Waals surface area contributed by atoms with Crippen molar-refractivity contribution in [3.05, 3.63) is 0 Å². The van der Waals surface area contributed by atoms with Gasteiger partial charge in [0.2, 0.25) is 5.91 Å². The number of carbonyl (C=O) groups excluding carboxylic acids is 1. The second kappa shape index (κ2) is 7.67. The van der Waals surface area contributed by atoms with Gasteiger partial charge in [-0.2, -0.15) is 0 Å². The number of hydrogen-bond acceptors (Lipinski definition) is 3. The molecule has 0 saturated heterocycles. The van der Waals surface area contributed by atoms with Gasteiger partial charge in [-0.1, -0.05) is 12.8 Å². The average Bonchev–Trinajstić information content (AvgIpc) is 2.39. The van der Waals surface area contributed by atoms with E-state index in [-0.39, 0.29) is 11.8 Å². The predicted molar refractivity (Wildman–Crippen MR) is 68.6 cm³/mol. The zero-order chi connectivity index (χ0) is 12.7. The number of nitrogens with two attached hydrogens (primary N) is 1. The lowest BCUT2D eigenvalue weighted by molar-refractivity contribution is -0.138. The van der Waals surface area contributed by atoms with Gasteiger partial charge in [0.15, 0.2) is 0 Å². The van der Waals surface area contributed by atoms with E-state index in [1.54, 1.807) is 7.11 Å². The first-order valence-electron chi connectivity index (χ1n) is 6.72. The van der Waals surface area contributed by atoms with Crippen LogP contribution in [0, 0.1) is 11.8 Å². The summed E-state index contributed by atoms with van der Waals surface area (Å²) in [6.07, 6.45) is 4.49. The summed E-state index contributed by atoms with van der Waals surface area (Å²) in [5.41, 5.74) is 5.78. The maximum absolute atomic E-state index is 12.4. The van der Waals surface area contributed by atoms with Gasteiger partial charge in [-0.3, -0.25) is 4.79 Å². The monoisotopic (exact) mass is 242 g/mol. The van der Waals surface area contributed by atoms with Gasteiger partial charge in [0, 0.05) is 26.1 Å². The van der Waals surface area contributed by atoms with Crippen molar-refractivity contribution in [2.75, 3.05) is 33.4 Å². The van der Waals surface area contributed by atoms with Crippen molar-refractivity contribution < 1.29 is 9.53 Å². The van der Waals surface area contributed by atoms with Crippen LogP contribution >= 0.6 is 0 Å². The van der Waals surface area contributed by atoms with E-state index in [9.17, 15) is 4.79 Å². The molecule has 2 atom stereocenters. The van der Waals surface area contributed by atoms with Crippen molar-refractivity contribution in [2.24, 2.45) is 17.6 Å². The van der Waals surface area contributed by atoms with Crippen LogP contribution in [0.2, 0.25) is 0 Å². The van der Waals surface area contributed by atoms with Gasteiger partial charge in [-0.05, 0) is 32.2 Å². The molecular weight excluding hydrogens is 216 g/mol. The molecule has 2 N–H and O–H groups in total. The molecule has 0 aromatic carbocycles. The summed E-state index contributed by atoms with van der Waals surface area (Å²) in [4.78, 5) is 14.3. The Morgan fingerprint density at radius 3 is 2.71 bits per heavy atom. The quantitative estimate of drug-likeness (QED) is 0.762. The Balaban J connectivity index is 2.57. The molecule has 0 aromatic heterocycles. The molecule has 0 aromatic rings. The minimum atomic E-state index is 0.144. The van der Waals surface area contributed by atoms with Crippen LogP contribution in [-0.4, -0.2) is 44.2 Å². The third-order valence-electron chi connectivity index (χ3n) is 3.79. The van der Waals surface area contributed by atoms with Crippen LogP contribution < -0.4 is 5.73 Å². The third kappa shape index (κ3) is 3.96. The van der Waals surface area contributed by atoms with Crippen molar-refractivity contribution in [1.29, 1.82) is 0 Å². The van der Waals surface area contributed by atoms with E-state index in [0.717, 1.165) is 25.8 Å². The molecule has 17 heavy (non-hydrogen) atoms. The summed E-state index contributed by atoms with van der Waals surface area (Å²) in [6, 6.07) is 0. The number of amides is 1. The van der Waals surface area contributed by atoms with E-state index in [1.807, 2.05) is 11.8 Å². The highest BCUT2D eigenvalue weighted by atomic mass is 16.5. The maximum atomic E-state index is 12.4. The Bertz CT molecular complexity index is 233. The first-order chi connectivity index (χ1) is 8.24. The van der Waals surface area contributed by atoms with Crippen molar-refractivity contribution in [3.8, 4) is 0 Å². The number of nitrogens with zero attached hydrogens (tertiary/aromatic N) is 1. The molecule has 0 bridgehead atoms. The zero-order valence-electron chi connectivity index (χ0n) is 11.2. The molecule has 4 heteroatoms. The average molecular weight is 242 g/mol. The van der Waals surface area contributed by atoms with Gasteiger partial charge in [0.1, 0.15) is 0 Å². The third-order valence-corrected chi connectivity index (χ3v) is 3.79. The van der Waals surface area contributed by atoms with Crippen LogP contribution in [0.3, 0.4) is 0 Å². The van der Waals surface area contributed by atoms with E-state index in [4.69, 9.17) is 10.5 Å². The fourth-order valence-electron chi connectivity index (χ4n) is 2.68. The molecule has 0 heterocycles. The summed E-state index contributed by atoms with van der Waals surface area (Å²) in [5.74, 6) is 0.804. The van der Waals surface area contributed by atoms with E-state index in [1.165, 1.54) is 6.42 Å². The zero-order valence-corrected chi connectivity index (χ0v) is 11.2. The molecule has 4 nitrogen and oxygen atoms in total. The number of rotatable bonds is 6. The topological polar surface area (TPSA) is 55.6 Å². The highest BCUT2D eigenvalue weighted by Gasteiger charge is 2.32. The number of methoxy groups -OCH3 is 1. The van der Waals surface area contributed by atoms with E-state index in [2.05, 4.69) is 0 Å². The second-order valence-corrected chi connectivity index (χ2v) is 4.80. The molecule has 2 unspecified atom stereocenters. The standard InChI is InChI=1S/C13H26N2O2/c1-3-15(8-9-17-2)13(16)12-7-5-4-6-11(12)10-14/h11-12H,3-10,14H2,1-2H3. The molecule has 1 aliphatic rings. The van der Waals surface area contributed by atoms with Crippen LogP contribution in [0.5, 0.6) is 0 Å². The van der Waals surface area contributed by atoms with Gasteiger partial charge in [0.25, 0.3) is 0 Å². The summed E-state index contributed by atoms with van der Waals surface area (Å²) in [6.45, 7) is 4.72. The van der Waals surface area contributed by atoms with Gasteiger partial charge in [-0.25, -0.2) is 0 Å². The second-order valence-electron chi connectivity index (χ2n) is 4.80. The molecule has 1 amide bonds. The maximum Gasteiger partial charge on any atom is 0.226 e. The molecule has 1 rings (SSSR count). The SMILES string of the molecule is CCN(CCOC)C(=O)C1CCCCC1CN. The summed E-state index contributed by atoms with van der Waals surface area (Å²) in [5, 5.41) is 0. The first-order valence-corrected chi connectivity index (χ1v) is 6.72. The summed E-state index contributed by atoms with van der Waals surface area (Å²) < 4.78 is 5.05. The molecule has 0 radical (unpaired) electrons. The highest BCUT2D eigenvalue weighted by Crippen LogP contribution is 2.30. The van der Waals surface area contributed by atoms with Crippen molar-refractivity contribution in [2.45, 2.75) is 32.6 Å². The molecule has 1 fully saturated rings. The van der Waals surface area contributed by atoms with Crippen molar-refractivity contribution in [1.82, 2.24) is 4.90 Å². The molecule has 0 spiro atoms. The van der Waals surface area contributed by atoms with E-state index < -0.39 is 0 Å². The van der Waals surface area contributed by atoms with E-state index >= 15 is 0 Å². The lowest BCUT2D eigenvalue weighted by Gasteiger charge is -2.33. The normalized spacial score (nSPS) is 24.6. The largest absolute Gasteiger partial charge is 0.383 e. The van der Waals surface area contributed by atoms with Crippen LogP contribution in [0.15, 0.2) is 0 Å². The Labute approximate surface area is 104 Å². The van der Waals surface area contributed by atoms with Gasteiger partial charge >= 0.3 is 0 Å². The number of hydrogen-bond donors (Lipinski definition) is 1. The van der Waals surface area contributed by atoms with Crippen molar-refractivity contribution >= 4 is 5.91 Å². The molecule has 1 saturated carbocycles. The Kier molecular flexibility index (Phi) is 6.52. The minimum absolute atomic E-state index is 0.144. The summed E-state index contributed by atoms with van der Waals surface area (Å²) in [7, 11) is 1.67. The lowest BCUT2D eigenvalue weighted by Crippen LogP contribution is -2.43. The highest BCUT2D eigenvalue weighted by molar-refractivity contribution is 5.79. The lowest BCUT2D eigenvalue weighted by atomic mass is 9.78. The fraction of sp³-hybridized carbons (Fsp3) is 0.923. The molecule has 0 aliphatic heterocycles. The van der Waals surface area contributed by atoms with Crippen molar-refractivity contribution in [3.63, 3.8) is 0 Å². The summed E-state index contributed by atoms with van der Waals surface area (Å²) >= 11 is 0. The van der Waals surface area contributed by atoms with E-state index in [0.29, 0.717) is 25.6 Å². The van der Waals surface area contributed by atoms with Crippen LogP contribution in [0.1, 0.15) is 32.6 Å². The van der Waals surface area contributed by atoms with Crippen LogP contribution in [-0.2, 0) is 9.53 Å². The smallest absolute Gasteiger partial charge is 0.226 e. The number of ether oxygens (including phenoxy) is 1. The van der Waals surface area contributed by atoms with Gasteiger partial charge < -0.3 is 15.4 Å². The predicted octanol–water partition coefficient (Wildman–Crippen LogP) is 1.25. The fourth-order valence-corrected chi connectivity index (χ4v) is 2.68. The molecular formula is C13H26N2O2. The Morgan fingerprint density at radius 1 is 1.41 bits per heavy atom. The van der Waals surface area contributed by atoms with Gasteiger partial charge in [0.05, 0.1) is 6.61 Å². The van der Waals surface area contributed by atoms with Crippen LogP contribution in [0.4, 0.5) is 0 Å². The van der Waals surface area contributed by atoms with Crippen LogP contribution in [0.25, 0.3) is 0 Å². The Morgan fingerprint density at radius 2 is 2.12 bits per heavy atom. The Hall–Kier alpha value is -0.610. The number of carbonyl (C=O) groups is 1. The molecule has 1 aliphatic carbocycles. The minimum Gasteiger partial charge on any atom is -0.383 e. The van der Waals surface area contributed by atoms with Gasteiger partial charge in [-0.15, -0.1) is 0 Å².